The average molecular weight is 422 g/mol. The quantitative estimate of drug-likeness (QED) is 0.448. The van der Waals surface area contributed by atoms with E-state index in [-0.39, 0.29) is 17.7 Å². The number of hydroxylamine groups is 1. The smallest absolute Gasteiger partial charge is 0.267 e. The molecular formula is C25H31N3O3. The summed E-state index contributed by atoms with van der Waals surface area (Å²) in [6.45, 7) is 2.64. The van der Waals surface area contributed by atoms with Crippen LogP contribution in [-0.4, -0.2) is 37.4 Å². The van der Waals surface area contributed by atoms with Crippen LogP contribution in [0, 0.1) is 0 Å². The van der Waals surface area contributed by atoms with Crippen molar-refractivity contribution in [3.05, 3.63) is 71.8 Å². The highest BCUT2D eigenvalue weighted by molar-refractivity contribution is 5.91. The molecule has 2 aromatic carbocycles. The van der Waals surface area contributed by atoms with Gasteiger partial charge in [0.15, 0.2) is 6.29 Å². The summed E-state index contributed by atoms with van der Waals surface area (Å²) in [5, 5.41) is 7.25. The SMILES string of the molecule is O=C(/C=C/c1ccc(N[C@]2(Cc3ccccc3)CCNC2)cc1)NOC1CCCCO1. The van der Waals surface area contributed by atoms with Gasteiger partial charge in [-0.15, -0.1) is 0 Å². The van der Waals surface area contributed by atoms with Crippen molar-refractivity contribution >= 4 is 17.7 Å². The number of amides is 1. The first-order valence-corrected chi connectivity index (χ1v) is 11.1. The maximum Gasteiger partial charge on any atom is 0.267 e. The lowest BCUT2D eigenvalue weighted by Crippen LogP contribution is -2.42. The molecule has 1 amide bonds. The summed E-state index contributed by atoms with van der Waals surface area (Å²) in [6, 6.07) is 18.8. The fourth-order valence-electron chi connectivity index (χ4n) is 4.15. The molecule has 164 valence electrons. The lowest BCUT2D eigenvalue weighted by atomic mass is 9.89. The highest BCUT2D eigenvalue weighted by Crippen LogP contribution is 2.26. The molecule has 0 radical (unpaired) electrons. The average Bonchev–Trinajstić information content (AvgIpc) is 3.26. The molecule has 2 aliphatic heterocycles. The second-order valence-electron chi connectivity index (χ2n) is 8.33. The zero-order chi connectivity index (χ0) is 21.4. The van der Waals surface area contributed by atoms with Crippen LogP contribution in [0.1, 0.15) is 36.8 Å². The summed E-state index contributed by atoms with van der Waals surface area (Å²) in [6.07, 6.45) is 7.87. The Kier molecular flexibility index (Phi) is 7.35. The van der Waals surface area contributed by atoms with E-state index in [9.17, 15) is 4.79 Å². The molecule has 3 N–H and O–H groups in total. The highest BCUT2D eigenvalue weighted by Gasteiger charge is 2.33. The normalized spacial score (nSPS) is 23.7. The Morgan fingerprint density at radius 1 is 1.16 bits per heavy atom. The Hall–Kier alpha value is -2.67. The van der Waals surface area contributed by atoms with Gasteiger partial charge in [-0.2, -0.15) is 0 Å². The summed E-state index contributed by atoms with van der Waals surface area (Å²) in [7, 11) is 0. The minimum atomic E-state index is -0.343. The van der Waals surface area contributed by atoms with Gasteiger partial charge in [-0.25, -0.2) is 10.3 Å². The summed E-state index contributed by atoms with van der Waals surface area (Å²) in [4.78, 5) is 17.3. The molecule has 0 aliphatic carbocycles. The number of carbonyl (C=O) groups is 1. The molecule has 6 heteroatoms. The van der Waals surface area contributed by atoms with E-state index in [1.807, 2.05) is 12.1 Å². The molecular weight excluding hydrogens is 390 g/mol. The van der Waals surface area contributed by atoms with Gasteiger partial charge in [0, 0.05) is 31.3 Å². The second kappa shape index (κ2) is 10.6. The van der Waals surface area contributed by atoms with E-state index in [0.29, 0.717) is 6.61 Å². The highest BCUT2D eigenvalue weighted by atomic mass is 16.8. The van der Waals surface area contributed by atoms with E-state index in [0.717, 1.165) is 56.4 Å². The molecule has 0 saturated carbocycles. The largest absolute Gasteiger partial charge is 0.378 e. The zero-order valence-corrected chi connectivity index (χ0v) is 17.8. The molecule has 0 aromatic heterocycles. The van der Waals surface area contributed by atoms with Crippen molar-refractivity contribution in [1.82, 2.24) is 10.8 Å². The van der Waals surface area contributed by atoms with E-state index in [1.54, 1.807) is 6.08 Å². The van der Waals surface area contributed by atoms with E-state index < -0.39 is 0 Å². The minimum absolute atomic E-state index is 0.0110. The summed E-state index contributed by atoms with van der Waals surface area (Å²) < 4.78 is 5.43. The van der Waals surface area contributed by atoms with Crippen LogP contribution >= 0.6 is 0 Å². The summed E-state index contributed by atoms with van der Waals surface area (Å²) in [5.74, 6) is -0.296. The number of ether oxygens (including phenoxy) is 1. The number of rotatable bonds is 8. The van der Waals surface area contributed by atoms with E-state index in [4.69, 9.17) is 9.57 Å². The molecule has 0 spiro atoms. The molecule has 1 unspecified atom stereocenters. The number of benzene rings is 2. The lowest BCUT2D eigenvalue weighted by molar-refractivity contribution is -0.198. The fourth-order valence-corrected chi connectivity index (χ4v) is 4.15. The minimum Gasteiger partial charge on any atom is -0.378 e. The van der Waals surface area contributed by atoms with Crippen LogP contribution in [0.5, 0.6) is 0 Å². The second-order valence-corrected chi connectivity index (χ2v) is 8.33. The molecule has 4 rings (SSSR count). The van der Waals surface area contributed by atoms with E-state index >= 15 is 0 Å². The lowest BCUT2D eigenvalue weighted by Gasteiger charge is -2.31. The molecule has 0 bridgehead atoms. The standard InChI is InChI=1S/C25H31N3O3/c29-23(28-31-24-8-4-5-17-30-24)14-11-20-9-12-22(13-10-20)27-25(15-16-26-19-25)18-21-6-2-1-3-7-21/h1-3,6-7,9-14,24,26-27H,4-5,8,15-19H2,(H,28,29)/b14-11+/t24?,25-/m0/s1. The van der Waals surface area contributed by atoms with Crippen molar-refractivity contribution < 1.29 is 14.4 Å². The van der Waals surface area contributed by atoms with Crippen molar-refractivity contribution in [3.8, 4) is 0 Å². The van der Waals surface area contributed by atoms with Gasteiger partial charge in [-0.3, -0.25) is 4.79 Å². The van der Waals surface area contributed by atoms with Crippen LogP contribution in [-0.2, 0) is 20.8 Å². The number of hydrogen-bond acceptors (Lipinski definition) is 5. The van der Waals surface area contributed by atoms with Crippen molar-refractivity contribution in [3.63, 3.8) is 0 Å². The molecule has 2 fully saturated rings. The van der Waals surface area contributed by atoms with Crippen LogP contribution in [0.4, 0.5) is 5.69 Å². The monoisotopic (exact) mass is 421 g/mol. The molecule has 2 atom stereocenters. The van der Waals surface area contributed by atoms with E-state index in [1.165, 1.54) is 11.6 Å². The maximum atomic E-state index is 12.0. The van der Waals surface area contributed by atoms with Gasteiger partial charge >= 0.3 is 0 Å². The van der Waals surface area contributed by atoms with Gasteiger partial charge in [0.05, 0.1) is 5.54 Å². The summed E-state index contributed by atoms with van der Waals surface area (Å²) >= 11 is 0. The topological polar surface area (TPSA) is 71.6 Å². The molecule has 6 nitrogen and oxygen atoms in total. The van der Waals surface area contributed by atoms with Crippen molar-refractivity contribution in [2.75, 3.05) is 25.0 Å². The molecule has 2 saturated heterocycles. The van der Waals surface area contributed by atoms with Gasteiger partial charge in [0.25, 0.3) is 5.91 Å². The van der Waals surface area contributed by atoms with Gasteiger partial charge in [-0.05, 0) is 61.6 Å². The first-order valence-electron chi connectivity index (χ1n) is 11.1. The van der Waals surface area contributed by atoms with Crippen LogP contribution in [0.25, 0.3) is 6.08 Å². The Balaban J connectivity index is 1.30. The molecule has 31 heavy (non-hydrogen) atoms. The molecule has 2 aliphatic rings. The van der Waals surface area contributed by atoms with Crippen molar-refractivity contribution in [2.45, 2.75) is 43.9 Å². The van der Waals surface area contributed by atoms with Crippen LogP contribution < -0.4 is 16.1 Å². The maximum absolute atomic E-state index is 12.0. The first-order chi connectivity index (χ1) is 15.2. The number of anilines is 1. The van der Waals surface area contributed by atoms with Gasteiger partial charge in [0.1, 0.15) is 0 Å². The van der Waals surface area contributed by atoms with Crippen LogP contribution in [0.3, 0.4) is 0 Å². The van der Waals surface area contributed by atoms with Crippen molar-refractivity contribution in [1.29, 1.82) is 0 Å². The number of nitrogens with one attached hydrogen (secondary N) is 3. The Morgan fingerprint density at radius 3 is 2.71 bits per heavy atom. The molecule has 2 heterocycles. The Labute approximate surface area is 184 Å². The number of carbonyl (C=O) groups excluding carboxylic acids is 1. The van der Waals surface area contributed by atoms with Gasteiger partial charge in [-0.1, -0.05) is 42.5 Å². The Morgan fingerprint density at radius 2 is 2.00 bits per heavy atom. The van der Waals surface area contributed by atoms with Crippen LogP contribution in [0.2, 0.25) is 0 Å². The van der Waals surface area contributed by atoms with Gasteiger partial charge < -0.3 is 15.4 Å². The third kappa shape index (κ3) is 6.40. The third-order valence-electron chi connectivity index (χ3n) is 5.81. The first kappa shape index (κ1) is 21.6. The fraction of sp³-hybridized carbons (Fsp3) is 0.400. The van der Waals surface area contributed by atoms with E-state index in [2.05, 4.69) is 58.6 Å². The molecule has 2 aromatic rings. The predicted octanol–water partition coefficient (Wildman–Crippen LogP) is 3.66. The summed E-state index contributed by atoms with van der Waals surface area (Å²) in [5.41, 5.74) is 5.83. The van der Waals surface area contributed by atoms with Crippen molar-refractivity contribution in [2.24, 2.45) is 0 Å². The Bertz CT molecular complexity index is 855. The number of hydrogen-bond donors (Lipinski definition) is 3. The zero-order valence-electron chi connectivity index (χ0n) is 17.8. The van der Waals surface area contributed by atoms with Crippen LogP contribution in [0.15, 0.2) is 60.7 Å². The van der Waals surface area contributed by atoms with Gasteiger partial charge in [0.2, 0.25) is 0 Å². The third-order valence-corrected chi connectivity index (χ3v) is 5.81. The predicted molar refractivity (Wildman–Crippen MR) is 122 cm³/mol.